The Morgan fingerprint density at radius 3 is 2.43 bits per heavy atom. The van der Waals surface area contributed by atoms with E-state index in [2.05, 4.69) is 4.98 Å². The Labute approximate surface area is 160 Å². The molecule has 0 spiro atoms. The molecule has 4 nitrogen and oxygen atoms in total. The van der Waals surface area contributed by atoms with Crippen molar-refractivity contribution in [1.82, 2.24) is 4.98 Å². The minimum Gasteiger partial charge on any atom is -0.496 e. The summed E-state index contributed by atoms with van der Waals surface area (Å²) >= 11 is 0. The number of methoxy groups -OCH3 is 1. The number of nitrogen functional groups attached to an aromatic ring is 1. The number of aryl methyl sites for hydroxylation is 1. The highest BCUT2D eigenvalue weighted by atomic mass is 19.4. The molecule has 7 heteroatoms. The molecule has 0 fully saturated rings. The highest BCUT2D eigenvalue weighted by Crippen LogP contribution is 2.43. The largest absolute Gasteiger partial charge is 0.496 e. The first-order valence-corrected chi connectivity index (χ1v) is 8.29. The predicted molar refractivity (Wildman–Crippen MR) is 101 cm³/mol. The molecule has 3 aromatic rings. The van der Waals surface area contributed by atoms with Crippen LogP contribution in [-0.4, -0.2) is 12.1 Å². The van der Waals surface area contributed by atoms with E-state index in [1.165, 1.54) is 19.2 Å². The van der Waals surface area contributed by atoms with Gasteiger partial charge in [-0.25, -0.2) is 4.98 Å². The number of pyridine rings is 1. The lowest BCUT2D eigenvalue weighted by molar-refractivity contribution is -0.137. The zero-order chi connectivity index (χ0) is 20.5. The monoisotopic (exact) mass is 383 g/mol. The van der Waals surface area contributed by atoms with Crippen molar-refractivity contribution < 1.29 is 17.9 Å². The number of hydrogen-bond donors (Lipinski definition) is 1. The molecule has 0 atom stereocenters. The number of aromatic nitrogens is 1. The first kappa shape index (κ1) is 19.2. The van der Waals surface area contributed by atoms with Gasteiger partial charge in [-0.3, -0.25) is 0 Å². The number of nitrogens with zero attached hydrogens (tertiary/aromatic N) is 2. The molecule has 1 heterocycles. The van der Waals surface area contributed by atoms with Crippen LogP contribution >= 0.6 is 0 Å². The van der Waals surface area contributed by atoms with Crippen molar-refractivity contribution in [3.05, 3.63) is 65.4 Å². The molecule has 0 saturated heterocycles. The van der Waals surface area contributed by atoms with E-state index >= 15 is 0 Å². The van der Waals surface area contributed by atoms with Crippen molar-refractivity contribution in [3.8, 4) is 34.1 Å². The summed E-state index contributed by atoms with van der Waals surface area (Å²) in [5.41, 5.74) is 7.24. The number of alkyl halides is 3. The first-order chi connectivity index (χ1) is 13.3. The van der Waals surface area contributed by atoms with E-state index < -0.39 is 11.7 Å². The number of halogens is 3. The van der Waals surface area contributed by atoms with E-state index in [-0.39, 0.29) is 16.9 Å². The second-order valence-corrected chi connectivity index (χ2v) is 6.10. The zero-order valence-corrected chi connectivity index (χ0v) is 15.1. The number of benzene rings is 2. The third-order valence-electron chi connectivity index (χ3n) is 4.37. The molecule has 28 heavy (non-hydrogen) atoms. The summed E-state index contributed by atoms with van der Waals surface area (Å²) < 4.78 is 45.1. The summed E-state index contributed by atoms with van der Waals surface area (Å²) in [6.45, 7) is 1.69. The Morgan fingerprint density at radius 2 is 1.79 bits per heavy atom. The van der Waals surface area contributed by atoms with E-state index in [4.69, 9.17) is 10.5 Å². The van der Waals surface area contributed by atoms with Crippen LogP contribution in [0.4, 0.5) is 19.0 Å². The number of nitriles is 1. The number of para-hydroxylation sites is 1. The van der Waals surface area contributed by atoms with Crippen LogP contribution in [0.1, 0.15) is 16.8 Å². The summed E-state index contributed by atoms with van der Waals surface area (Å²) in [6, 6.07) is 13.8. The molecule has 0 aliphatic carbocycles. The van der Waals surface area contributed by atoms with Gasteiger partial charge in [0.25, 0.3) is 0 Å². The second-order valence-electron chi connectivity index (χ2n) is 6.10. The van der Waals surface area contributed by atoms with Gasteiger partial charge in [-0.1, -0.05) is 30.3 Å². The van der Waals surface area contributed by atoms with Crippen LogP contribution in [0.2, 0.25) is 0 Å². The van der Waals surface area contributed by atoms with E-state index in [9.17, 15) is 18.4 Å². The number of hydrogen-bond acceptors (Lipinski definition) is 4. The second kappa shape index (κ2) is 7.24. The Bertz CT molecular complexity index is 1090. The Hall–Kier alpha value is -3.53. The van der Waals surface area contributed by atoms with Gasteiger partial charge in [-0.2, -0.15) is 18.4 Å². The summed E-state index contributed by atoms with van der Waals surface area (Å²) in [5.74, 6) is 0.473. The molecule has 1 aromatic heterocycles. The minimum absolute atomic E-state index is 0.0193. The standard InChI is InChI=1S/C21H16F3N3O/c1-12-18(15-8-3-4-9-17(15)28-2)19(16(11-25)20(26)27-12)13-6-5-7-14(10-13)21(22,23)24/h3-10H,1-2H3,(H2,26,27). The Kier molecular flexibility index (Phi) is 4.97. The lowest BCUT2D eigenvalue weighted by atomic mass is 9.89. The van der Waals surface area contributed by atoms with E-state index in [1.54, 1.807) is 31.2 Å². The Balaban J connectivity index is 2.43. The lowest BCUT2D eigenvalue weighted by Gasteiger charge is -2.19. The Morgan fingerprint density at radius 1 is 1.07 bits per heavy atom. The molecule has 0 unspecified atom stereocenters. The number of nitrogens with two attached hydrogens (primary N) is 1. The maximum absolute atomic E-state index is 13.2. The minimum atomic E-state index is -4.51. The van der Waals surface area contributed by atoms with Crippen molar-refractivity contribution in [1.29, 1.82) is 5.26 Å². The molecule has 0 radical (unpaired) electrons. The summed E-state index contributed by atoms with van der Waals surface area (Å²) in [5, 5.41) is 9.66. The van der Waals surface area contributed by atoms with Crippen LogP contribution in [0, 0.1) is 18.3 Å². The van der Waals surface area contributed by atoms with Crippen LogP contribution in [0.3, 0.4) is 0 Å². The lowest BCUT2D eigenvalue weighted by Crippen LogP contribution is -2.06. The molecule has 2 aromatic carbocycles. The predicted octanol–water partition coefficient (Wildman–Crippen LogP) is 5.21. The maximum Gasteiger partial charge on any atom is 0.416 e. The topological polar surface area (TPSA) is 71.9 Å². The van der Waals surface area contributed by atoms with Gasteiger partial charge in [0.2, 0.25) is 0 Å². The van der Waals surface area contributed by atoms with Gasteiger partial charge >= 0.3 is 6.18 Å². The maximum atomic E-state index is 13.2. The van der Waals surface area contributed by atoms with E-state index in [0.29, 0.717) is 28.1 Å². The molecular weight excluding hydrogens is 367 g/mol. The quantitative estimate of drug-likeness (QED) is 0.674. The van der Waals surface area contributed by atoms with Crippen molar-refractivity contribution >= 4 is 5.82 Å². The first-order valence-electron chi connectivity index (χ1n) is 8.29. The number of ether oxygens (including phenoxy) is 1. The molecule has 3 rings (SSSR count). The van der Waals surface area contributed by atoms with Crippen LogP contribution in [-0.2, 0) is 6.18 Å². The number of rotatable bonds is 3. The van der Waals surface area contributed by atoms with Gasteiger partial charge < -0.3 is 10.5 Å². The molecule has 0 amide bonds. The fourth-order valence-electron chi connectivity index (χ4n) is 3.16. The van der Waals surface area contributed by atoms with Gasteiger partial charge in [-0.05, 0) is 30.7 Å². The smallest absolute Gasteiger partial charge is 0.416 e. The van der Waals surface area contributed by atoms with Gasteiger partial charge in [0.15, 0.2) is 0 Å². The average Bonchev–Trinajstić information content (AvgIpc) is 2.67. The van der Waals surface area contributed by atoms with E-state index in [1.807, 2.05) is 6.07 Å². The fourth-order valence-corrected chi connectivity index (χ4v) is 3.16. The van der Waals surface area contributed by atoms with Crippen LogP contribution in [0.5, 0.6) is 5.75 Å². The molecule has 142 valence electrons. The highest BCUT2D eigenvalue weighted by molar-refractivity contribution is 5.92. The molecule has 0 aliphatic rings. The van der Waals surface area contributed by atoms with Crippen LogP contribution in [0.15, 0.2) is 48.5 Å². The SMILES string of the molecule is COc1ccccc1-c1c(C)nc(N)c(C#N)c1-c1cccc(C(F)(F)F)c1. The number of anilines is 1. The van der Waals surface area contributed by atoms with Crippen LogP contribution in [0.25, 0.3) is 22.3 Å². The fraction of sp³-hybridized carbons (Fsp3) is 0.143. The van der Waals surface area contributed by atoms with Crippen molar-refractivity contribution in [2.75, 3.05) is 12.8 Å². The third kappa shape index (κ3) is 3.37. The normalized spacial score (nSPS) is 11.1. The average molecular weight is 383 g/mol. The highest BCUT2D eigenvalue weighted by Gasteiger charge is 2.31. The molecular formula is C21H16F3N3O. The summed E-state index contributed by atoms with van der Waals surface area (Å²) in [7, 11) is 1.49. The van der Waals surface area contributed by atoms with Gasteiger partial charge in [0, 0.05) is 22.4 Å². The third-order valence-corrected chi connectivity index (χ3v) is 4.37. The molecule has 0 bridgehead atoms. The van der Waals surface area contributed by atoms with Crippen molar-refractivity contribution in [3.63, 3.8) is 0 Å². The van der Waals surface area contributed by atoms with E-state index in [0.717, 1.165) is 12.1 Å². The molecule has 2 N–H and O–H groups in total. The zero-order valence-electron chi connectivity index (χ0n) is 15.1. The van der Waals surface area contributed by atoms with Gasteiger partial charge in [0.05, 0.1) is 12.7 Å². The van der Waals surface area contributed by atoms with Crippen LogP contribution < -0.4 is 10.5 Å². The summed E-state index contributed by atoms with van der Waals surface area (Å²) in [6.07, 6.45) is -4.51. The van der Waals surface area contributed by atoms with Crippen molar-refractivity contribution in [2.45, 2.75) is 13.1 Å². The molecule has 0 saturated carbocycles. The van der Waals surface area contributed by atoms with Crippen molar-refractivity contribution in [2.24, 2.45) is 0 Å². The summed E-state index contributed by atoms with van der Waals surface area (Å²) in [4.78, 5) is 4.23. The van der Waals surface area contributed by atoms with Gasteiger partial charge in [0.1, 0.15) is 23.2 Å². The molecule has 0 aliphatic heterocycles. The van der Waals surface area contributed by atoms with Gasteiger partial charge in [-0.15, -0.1) is 0 Å².